The smallest absolute Gasteiger partial charge is 0.293 e. The molecule has 0 spiro atoms. The van der Waals surface area contributed by atoms with E-state index in [1.165, 1.54) is 4.90 Å². The number of Topliss-reactive ketones (excluding diaryl/α,β-unsaturated/α-hetero) is 1. The second-order valence-corrected chi connectivity index (χ2v) is 5.61. The Balaban J connectivity index is 1.82. The van der Waals surface area contributed by atoms with Crippen LogP contribution >= 0.6 is 0 Å². The van der Waals surface area contributed by atoms with Gasteiger partial charge in [0.2, 0.25) is 12.7 Å². The van der Waals surface area contributed by atoms with E-state index in [1.807, 2.05) is 0 Å². The highest BCUT2D eigenvalue weighted by Crippen LogP contribution is 2.44. The summed E-state index contributed by atoms with van der Waals surface area (Å²) in [7, 11) is 0. The van der Waals surface area contributed by atoms with E-state index < -0.39 is 5.54 Å². The Labute approximate surface area is 125 Å². The number of benzene rings is 1. The molecule has 1 fully saturated rings. The number of hydrogen-bond acceptors (Lipinski definition) is 6. The number of fused-ring (bicyclic) bond motifs is 3. The number of ketones is 1. The summed E-state index contributed by atoms with van der Waals surface area (Å²) in [4.78, 5) is 37.2. The molecule has 0 radical (unpaired) electrons. The molecule has 7 nitrogen and oxygen atoms in total. The van der Waals surface area contributed by atoms with Gasteiger partial charge in [-0.3, -0.25) is 14.4 Å². The molecule has 7 heteroatoms. The fraction of sp³-hybridized carbons (Fsp3) is 0.400. The van der Waals surface area contributed by atoms with Crippen molar-refractivity contribution in [2.75, 3.05) is 13.4 Å². The molecule has 3 aliphatic heterocycles. The second-order valence-electron chi connectivity index (χ2n) is 5.61. The number of carbonyl (C=O) groups is 3. The van der Waals surface area contributed by atoms with Gasteiger partial charge in [-0.25, -0.2) is 0 Å². The summed E-state index contributed by atoms with van der Waals surface area (Å²) in [6, 6.07) is 3.40. The van der Waals surface area contributed by atoms with Crippen LogP contribution < -0.4 is 9.47 Å². The highest BCUT2D eigenvalue weighted by molar-refractivity contribution is 6.09. The second kappa shape index (κ2) is 4.46. The molecule has 0 aliphatic carbocycles. The van der Waals surface area contributed by atoms with Gasteiger partial charge in [0.25, 0.3) is 6.47 Å². The molecule has 0 N–H and O–H groups in total. The van der Waals surface area contributed by atoms with Crippen LogP contribution in [0.25, 0.3) is 0 Å². The zero-order valence-electron chi connectivity index (χ0n) is 11.7. The Morgan fingerprint density at radius 3 is 2.82 bits per heavy atom. The first-order valence-corrected chi connectivity index (χ1v) is 6.99. The first kappa shape index (κ1) is 13.1. The fourth-order valence-electron chi connectivity index (χ4n) is 3.43. The SMILES string of the molecule is O=COCC12CCC(=O)N1Cc1cc3c(cc1C2=O)OCO3. The summed E-state index contributed by atoms with van der Waals surface area (Å²) in [6.07, 6.45) is 0.626. The van der Waals surface area contributed by atoms with Crippen LogP contribution in [-0.2, 0) is 20.9 Å². The molecule has 1 aromatic rings. The van der Waals surface area contributed by atoms with Crippen molar-refractivity contribution in [2.45, 2.75) is 24.9 Å². The number of ether oxygens (including phenoxy) is 3. The van der Waals surface area contributed by atoms with Crippen LogP contribution in [0.5, 0.6) is 11.5 Å². The molecule has 1 atom stereocenters. The number of nitrogens with zero attached hydrogens (tertiary/aromatic N) is 1. The van der Waals surface area contributed by atoms with E-state index in [2.05, 4.69) is 0 Å². The van der Waals surface area contributed by atoms with Gasteiger partial charge in [-0.2, -0.15) is 0 Å². The van der Waals surface area contributed by atoms with Crippen molar-refractivity contribution in [3.8, 4) is 11.5 Å². The molecule has 3 aliphatic rings. The predicted molar refractivity (Wildman–Crippen MR) is 71.4 cm³/mol. The monoisotopic (exact) mass is 303 g/mol. The van der Waals surface area contributed by atoms with Crippen LogP contribution in [-0.4, -0.2) is 42.0 Å². The van der Waals surface area contributed by atoms with E-state index in [4.69, 9.17) is 14.2 Å². The lowest BCUT2D eigenvalue weighted by molar-refractivity contribution is -0.138. The minimum Gasteiger partial charge on any atom is -0.465 e. The Morgan fingerprint density at radius 2 is 2.05 bits per heavy atom. The number of rotatable bonds is 3. The summed E-state index contributed by atoms with van der Waals surface area (Å²) in [5.74, 6) is 0.789. The van der Waals surface area contributed by atoms with Crippen molar-refractivity contribution in [1.82, 2.24) is 4.90 Å². The lowest BCUT2D eigenvalue weighted by Gasteiger charge is -2.40. The van der Waals surface area contributed by atoms with Crippen LogP contribution in [0, 0.1) is 0 Å². The number of carbonyl (C=O) groups excluding carboxylic acids is 3. The Kier molecular flexibility index (Phi) is 2.66. The van der Waals surface area contributed by atoms with Crippen molar-refractivity contribution >= 4 is 18.2 Å². The van der Waals surface area contributed by atoms with Crippen LogP contribution in [0.15, 0.2) is 12.1 Å². The summed E-state index contributed by atoms with van der Waals surface area (Å²) < 4.78 is 15.5. The summed E-state index contributed by atoms with van der Waals surface area (Å²) >= 11 is 0. The van der Waals surface area contributed by atoms with Gasteiger partial charge in [0, 0.05) is 18.5 Å². The maximum Gasteiger partial charge on any atom is 0.293 e. The Morgan fingerprint density at radius 1 is 1.27 bits per heavy atom. The van der Waals surface area contributed by atoms with Crippen LogP contribution in [0.4, 0.5) is 0 Å². The first-order chi connectivity index (χ1) is 10.7. The molecule has 1 unspecified atom stereocenters. The van der Waals surface area contributed by atoms with E-state index in [1.54, 1.807) is 12.1 Å². The summed E-state index contributed by atoms with van der Waals surface area (Å²) in [5, 5.41) is 0. The topological polar surface area (TPSA) is 82.1 Å². The molecule has 0 bridgehead atoms. The molecule has 1 amide bonds. The van der Waals surface area contributed by atoms with Crippen molar-refractivity contribution in [1.29, 1.82) is 0 Å². The average molecular weight is 303 g/mol. The molecule has 4 rings (SSSR count). The molecule has 114 valence electrons. The third-order valence-electron chi connectivity index (χ3n) is 4.55. The van der Waals surface area contributed by atoms with Crippen LogP contribution in [0.2, 0.25) is 0 Å². The third-order valence-corrected chi connectivity index (χ3v) is 4.55. The Hall–Kier alpha value is -2.57. The number of hydrogen-bond donors (Lipinski definition) is 0. The third kappa shape index (κ3) is 1.59. The summed E-state index contributed by atoms with van der Waals surface area (Å²) in [6.45, 7) is 0.611. The van der Waals surface area contributed by atoms with Crippen molar-refractivity contribution in [3.05, 3.63) is 23.3 Å². The lowest BCUT2D eigenvalue weighted by atomic mass is 9.81. The van der Waals surface area contributed by atoms with Gasteiger partial charge in [-0.1, -0.05) is 0 Å². The van der Waals surface area contributed by atoms with E-state index in [-0.39, 0.29) is 31.5 Å². The highest BCUT2D eigenvalue weighted by Gasteiger charge is 2.55. The standard InChI is InChI=1S/C15H13NO6/c17-7-20-6-15-2-1-13(18)16(15)5-9-3-11-12(22-8-21-11)4-10(9)14(15)19/h3-4,7H,1-2,5-6,8H2. The zero-order valence-corrected chi connectivity index (χ0v) is 11.7. The average Bonchev–Trinajstić information content (AvgIpc) is 3.10. The minimum absolute atomic E-state index is 0.105. The fourth-order valence-corrected chi connectivity index (χ4v) is 3.43. The maximum atomic E-state index is 13.0. The van der Waals surface area contributed by atoms with Gasteiger partial charge in [0.15, 0.2) is 17.3 Å². The quantitative estimate of drug-likeness (QED) is 0.762. The molecule has 1 saturated heterocycles. The van der Waals surface area contributed by atoms with E-state index in [9.17, 15) is 14.4 Å². The molecular formula is C15H13NO6. The highest BCUT2D eigenvalue weighted by atomic mass is 16.7. The minimum atomic E-state index is -1.08. The Bertz CT molecular complexity index is 700. The lowest BCUT2D eigenvalue weighted by Crippen LogP contribution is -2.57. The van der Waals surface area contributed by atoms with Crippen molar-refractivity contribution < 1.29 is 28.6 Å². The normalized spacial score (nSPS) is 25.0. The van der Waals surface area contributed by atoms with Gasteiger partial charge in [-0.05, 0) is 24.1 Å². The zero-order chi connectivity index (χ0) is 15.3. The molecular weight excluding hydrogens is 290 g/mol. The van der Waals surface area contributed by atoms with E-state index >= 15 is 0 Å². The van der Waals surface area contributed by atoms with Gasteiger partial charge < -0.3 is 19.1 Å². The summed E-state index contributed by atoms with van der Waals surface area (Å²) in [5.41, 5.74) is 0.148. The predicted octanol–water partition coefficient (Wildman–Crippen LogP) is 0.646. The van der Waals surface area contributed by atoms with E-state index in [0.29, 0.717) is 36.5 Å². The van der Waals surface area contributed by atoms with Gasteiger partial charge in [0.1, 0.15) is 12.1 Å². The maximum absolute atomic E-state index is 13.0. The van der Waals surface area contributed by atoms with Gasteiger partial charge in [0.05, 0.1) is 0 Å². The molecule has 22 heavy (non-hydrogen) atoms. The van der Waals surface area contributed by atoms with Crippen molar-refractivity contribution in [2.24, 2.45) is 0 Å². The van der Waals surface area contributed by atoms with E-state index in [0.717, 1.165) is 5.56 Å². The van der Waals surface area contributed by atoms with Crippen LogP contribution in [0.1, 0.15) is 28.8 Å². The van der Waals surface area contributed by atoms with Crippen LogP contribution in [0.3, 0.4) is 0 Å². The molecule has 1 aromatic carbocycles. The van der Waals surface area contributed by atoms with Gasteiger partial charge >= 0.3 is 0 Å². The molecule has 0 saturated carbocycles. The molecule has 0 aromatic heterocycles. The number of amides is 1. The largest absolute Gasteiger partial charge is 0.465 e. The van der Waals surface area contributed by atoms with Gasteiger partial charge in [-0.15, -0.1) is 0 Å². The molecule has 3 heterocycles. The first-order valence-electron chi connectivity index (χ1n) is 6.99. The van der Waals surface area contributed by atoms with Crippen molar-refractivity contribution in [3.63, 3.8) is 0 Å².